The number of methoxy groups -OCH3 is 1. The molecule has 5 heteroatoms. The highest BCUT2D eigenvalue weighted by molar-refractivity contribution is 5.43. The first-order valence-corrected chi connectivity index (χ1v) is 7.67. The van der Waals surface area contributed by atoms with Gasteiger partial charge in [-0.1, -0.05) is 20.3 Å². The van der Waals surface area contributed by atoms with Gasteiger partial charge in [-0.25, -0.2) is 0 Å². The number of aryl methyl sites for hydroxylation is 1. The number of nitro groups is 1. The molecule has 1 N–H and O–H groups in total. The fourth-order valence-corrected chi connectivity index (χ4v) is 2.45. The Labute approximate surface area is 126 Å². The van der Waals surface area contributed by atoms with Gasteiger partial charge < -0.3 is 10.1 Å². The van der Waals surface area contributed by atoms with Crippen molar-refractivity contribution in [2.75, 3.05) is 13.7 Å². The molecule has 21 heavy (non-hydrogen) atoms. The van der Waals surface area contributed by atoms with Crippen LogP contribution < -0.4 is 10.1 Å². The summed E-state index contributed by atoms with van der Waals surface area (Å²) in [6.07, 6.45) is 5.11. The van der Waals surface area contributed by atoms with E-state index in [1.807, 2.05) is 0 Å². The maximum absolute atomic E-state index is 10.9. The fourth-order valence-electron chi connectivity index (χ4n) is 2.45. The molecule has 0 heterocycles. The van der Waals surface area contributed by atoms with Crippen molar-refractivity contribution in [3.8, 4) is 5.75 Å². The van der Waals surface area contributed by atoms with Gasteiger partial charge in [-0.2, -0.15) is 0 Å². The second-order valence-corrected chi connectivity index (χ2v) is 5.23. The Balaban J connectivity index is 2.74. The van der Waals surface area contributed by atoms with Gasteiger partial charge in [-0.15, -0.1) is 0 Å². The van der Waals surface area contributed by atoms with Gasteiger partial charge in [0.15, 0.2) is 0 Å². The number of nitrogens with zero attached hydrogens (tertiary/aromatic N) is 1. The van der Waals surface area contributed by atoms with E-state index in [0.29, 0.717) is 6.04 Å². The van der Waals surface area contributed by atoms with Gasteiger partial charge in [0, 0.05) is 23.7 Å². The summed E-state index contributed by atoms with van der Waals surface area (Å²) >= 11 is 0. The predicted molar refractivity (Wildman–Crippen MR) is 85.0 cm³/mol. The van der Waals surface area contributed by atoms with Crippen LogP contribution in [0.5, 0.6) is 5.75 Å². The molecule has 0 aliphatic rings. The van der Waals surface area contributed by atoms with Crippen LogP contribution in [-0.4, -0.2) is 24.6 Å². The standard InChI is InChI=1S/C16H26N2O3/c1-4-6-14(17-11-5-2)8-7-13-12-15(18(19)20)9-10-16(13)21-3/h9-10,12,14,17H,4-8,11H2,1-3H3. The number of rotatable bonds is 10. The molecule has 1 rings (SSSR count). The van der Waals surface area contributed by atoms with Crippen LogP contribution in [0.4, 0.5) is 5.69 Å². The molecule has 0 saturated carbocycles. The molecule has 118 valence electrons. The molecule has 1 aromatic rings. The third kappa shape index (κ3) is 5.71. The third-order valence-electron chi connectivity index (χ3n) is 3.56. The summed E-state index contributed by atoms with van der Waals surface area (Å²) in [7, 11) is 1.60. The number of nitro benzene ring substituents is 1. The third-order valence-corrected chi connectivity index (χ3v) is 3.56. The van der Waals surface area contributed by atoms with Gasteiger partial charge >= 0.3 is 0 Å². The lowest BCUT2D eigenvalue weighted by Gasteiger charge is -2.18. The minimum Gasteiger partial charge on any atom is -0.496 e. The number of nitrogens with one attached hydrogen (secondary N) is 1. The molecule has 0 aliphatic heterocycles. The molecule has 0 aromatic heterocycles. The number of benzene rings is 1. The monoisotopic (exact) mass is 294 g/mol. The molecule has 1 unspecified atom stereocenters. The van der Waals surface area contributed by atoms with E-state index in [-0.39, 0.29) is 10.6 Å². The molecule has 1 aromatic carbocycles. The van der Waals surface area contributed by atoms with Gasteiger partial charge in [0.1, 0.15) is 5.75 Å². The van der Waals surface area contributed by atoms with Crippen molar-refractivity contribution < 1.29 is 9.66 Å². The van der Waals surface area contributed by atoms with E-state index in [1.165, 1.54) is 6.07 Å². The van der Waals surface area contributed by atoms with Gasteiger partial charge in [0.2, 0.25) is 0 Å². The number of non-ortho nitro benzene ring substituents is 1. The summed E-state index contributed by atoms with van der Waals surface area (Å²) in [6, 6.07) is 5.25. The van der Waals surface area contributed by atoms with Crippen molar-refractivity contribution >= 4 is 5.69 Å². The van der Waals surface area contributed by atoms with E-state index in [9.17, 15) is 10.1 Å². The molecule has 0 aliphatic carbocycles. The van der Waals surface area contributed by atoms with Crippen molar-refractivity contribution in [3.05, 3.63) is 33.9 Å². The van der Waals surface area contributed by atoms with Crippen molar-refractivity contribution in [3.63, 3.8) is 0 Å². The molecular weight excluding hydrogens is 268 g/mol. The van der Waals surface area contributed by atoms with Crippen LogP contribution in [0.15, 0.2) is 18.2 Å². The SMILES string of the molecule is CCCNC(CCC)CCc1cc([N+](=O)[O-])ccc1OC. The minimum atomic E-state index is -0.359. The van der Waals surface area contributed by atoms with Crippen molar-refractivity contribution in [2.45, 2.75) is 52.0 Å². The average Bonchev–Trinajstić information content (AvgIpc) is 2.49. The molecule has 0 amide bonds. The van der Waals surface area contributed by atoms with Crippen LogP contribution in [0.25, 0.3) is 0 Å². The molecule has 0 fully saturated rings. The summed E-state index contributed by atoms with van der Waals surface area (Å²) < 4.78 is 5.31. The van der Waals surface area contributed by atoms with Crippen LogP contribution in [0, 0.1) is 10.1 Å². The zero-order valence-corrected chi connectivity index (χ0v) is 13.2. The predicted octanol–water partition coefficient (Wildman–Crippen LogP) is 3.70. The van der Waals surface area contributed by atoms with Crippen molar-refractivity contribution in [2.24, 2.45) is 0 Å². The lowest BCUT2D eigenvalue weighted by atomic mass is 10.0. The van der Waals surface area contributed by atoms with Gasteiger partial charge in [-0.05, 0) is 38.3 Å². The van der Waals surface area contributed by atoms with E-state index in [2.05, 4.69) is 19.2 Å². The normalized spacial score (nSPS) is 12.1. The number of hydrogen-bond acceptors (Lipinski definition) is 4. The Kier molecular flexibility index (Phi) is 7.75. The lowest BCUT2D eigenvalue weighted by Crippen LogP contribution is -2.30. The summed E-state index contributed by atoms with van der Waals surface area (Å²) in [4.78, 5) is 10.5. The van der Waals surface area contributed by atoms with E-state index in [1.54, 1.807) is 19.2 Å². The number of hydrogen-bond donors (Lipinski definition) is 1. The first-order valence-electron chi connectivity index (χ1n) is 7.67. The van der Waals surface area contributed by atoms with Crippen LogP contribution >= 0.6 is 0 Å². The average molecular weight is 294 g/mol. The summed E-state index contributed by atoms with van der Waals surface area (Å²) in [5.41, 5.74) is 1.03. The zero-order chi connectivity index (χ0) is 15.7. The first-order chi connectivity index (χ1) is 10.1. The van der Waals surface area contributed by atoms with Crippen LogP contribution in [0.2, 0.25) is 0 Å². The highest BCUT2D eigenvalue weighted by Crippen LogP contribution is 2.25. The van der Waals surface area contributed by atoms with E-state index >= 15 is 0 Å². The Morgan fingerprint density at radius 3 is 2.62 bits per heavy atom. The van der Waals surface area contributed by atoms with E-state index in [0.717, 1.165) is 50.0 Å². The van der Waals surface area contributed by atoms with E-state index < -0.39 is 0 Å². The summed E-state index contributed by atoms with van der Waals surface area (Å²) in [6.45, 7) is 5.34. The molecule has 5 nitrogen and oxygen atoms in total. The number of ether oxygens (including phenoxy) is 1. The summed E-state index contributed by atoms with van der Waals surface area (Å²) in [5, 5.41) is 14.4. The Hall–Kier alpha value is -1.62. The Morgan fingerprint density at radius 2 is 2.05 bits per heavy atom. The molecule has 1 atom stereocenters. The summed E-state index contributed by atoms with van der Waals surface area (Å²) in [5.74, 6) is 0.728. The lowest BCUT2D eigenvalue weighted by molar-refractivity contribution is -0.384. The topological polar surface area (TPSA) is 64.4 Å². The second kappa shape index (κ2) is 9.34. The van der Waals surface area contributed by atoms with Gasteiger partial charge in [-0.3, -0.25) is 10.1 Å². The Morgan fingerprint density at radius 1 is 1.29 bits per heavy atom. The largest absolute Gasteiger partial charge is 0.496 e. The molecule has 0 radical (unpaired) electrons. The molecule has 0 spiro atoms. The van der Waals surface area contributed by atoms with E-state index in [4.69, 9.17) is 4.74 Å². The Bertz CT molecular complexity index is 449. The first kappa shape index (κ1) is 17.4. The molecule has 0 saturated heterocycles. The maximum atomic E-state index is 10.9. The highest BCUT2D eigenvalue weighted by Gasteiger charge is 2.13. The molecule has 0 bridgehead atoms. The minimum absolute atomic E-state index is 0.124. The van der Waals surface area contributed by atoms with Crippen LogP contribution in [0.3, 0.4) is 0 Å². The quantitative estimate of drug-likeness (QED) is 0.528. The maximum Gasteiger partial charge on any atom is 0.269 e. The van der Waals surface area contributed by atoms with Gasteiger partial charge in [0.25, 0.3) is 5.69 Å². The smallest absolute Gasteiger partial charge is 0.269 e. The van der Waals surface area contributed by atoms with Crippen LogP contribution in [0.1, 0.15) is 45.1 Å². The van der Waals surface area contributed by atoms with Gasteiger partial charge in [0.05, 0.1) is 12.0 Å². The van der Waals surface area contributed by atoms with Crippen molar-refractivity contribution in [1.82, 2.24) is 5.32 Å². The zero-order valence-electron chi connectivity index (χ0n) is 13.2. The fraction of sp³-hybridized carbons (Fsp3) is 0.625. The second-order valence-electron chi connectivity index (χ2n) is 5.23. The van der Waals surface area contributed by atoms with Crippen LogP contribution in [-0.2, 0) is 6.42 Å². The van der Waals surface area contributed by atoms with Crippen molar-refractivity contribution in [1.29, 1.82) is 0 Å². The molecular formula is C16H26N2O3. The highest BCUT2D eigenvalue weighted by atomic mass is 16.6.